The van der Waals surface area contributed by atoms with Crippen molar-refractivity contribution in [3.63, 3.8) is 0 Å². The fourth-order valence-electron chi connectivity index (χ4n) is 2.09. The number of carbonyl (C=O) groups excluding carboxylic acids is 1. The van der Waals surface area contributed by atoms with Crippen LogP contribution in [0.5, 0.6) is 0 Å². The Morgan fingerprint density at radius 2 is 2.24 bits per heavy atom. The van der Waals surface area contributed by atoms with Crippen molar-refractivity contribution < 1.29 is 9.90 Å². The van der Waals surface area contributed by atoms with Crippen LogP contribution in [0, 0.1) is 0 Å². The first-order valence-corrected chi connectivity index (χ1v) is 8.42. The molecule has 1 fully saturated rings. The van der Waals surface area contributed by atoms with Crippen LogP contribution in [0.2, 0.25) is 5.02 Å². The Hall–Kier alpha value is -0.910. The molecule has 6 heteroatoms. The van der Waals surface area contributed by atoms with Gasteiger partial charge in [0.25, 0.3) is 0 Å². The van der Waals surface area contributed by atoms with Crippen LogP contribution in [0.25, 0.3) is 0 Å². The molecule has 21 heavy (non-hydrogen) atoms. The highest BCUT2D eigenvalue weighted by atomic mass is 35.5. The second kappa shape index (κ2) is 7.38. The Labute approximate surface area is 134 Å². The van der Waals surface area contributed by atoms with E-state index in [1.807, 2.05) is 18.2 Å². The van der Waals surface area contributed by atoms with Crippen molar-refractivity contribution in [1.29, 1.82) is 0 Å². The van der Waals surface area contributed by atoms with Gasteiger partial charge in [0.1, 0.15) is 0 Å². The van der Waals surface area contributed by atoms with Gasteiger partial charge in [0.05, 0.1) is 17.3 Å². The molecule has 2 amide bonds. The van der Waals surface area contributed by atoms with E-state index in [4.69, 9.17) is 16.7 Å². The van der Waals surface area contributed by atoms with E-state index >= 15 is 0 Å². The van der Waals surface area contributed by atoms with E-state index in [0.29, 0.717) is 16.8 Å². The summed E-state index contributed by atoms with van der Waals surface area (Å²) in [4.78, 5) is 15.0. The Morgan fingerprint density at radius 3 is 2.81 bits per heavy atom. The van der Waals surface area contributed by atoms with Crippen LogP contribution >= 0.6 is 23.4 Å². The topological polar surface area (TPSA) is 52.6 Å². The SMILES string of the molecule is CC(C)Sc1c(Cl)cccc1NC(=O)N(CCO)C1CC1. The molecule has 0 heterocycles. The predicted octanol–water partition coefficient (Wildman–Crippen LogP) is 3.83. The summed E-state index contributed by atoms with van der Waals surface area (Å²) in [5.74, 6) is 0. The van der Waals surface area contributed by atoms with E-state index in [1.165, 1.54) is 0 Å². The highest BCUT2D eigenvalue weighted by Crippen LogP contribution is 2.37. The number of urea groups is 1. The Morgan fingerprint density at radius 1 is 1.52 bits per heavy atom. The van der Waals surface area contributed by atoms with Crippen molar-refractivity contribution >= 4 is 35.1 Å². The largest absolute Gasteiger partial charge is 0.395 e. The second-order valence-corrected chi connectivity index (χ2v) is 7.36. The predicted molar refractivity (Wildman–Crippen MR) is 88.3 cm³/mol. The van der Waals surface area contributed by atoms with E-state index in [0.717, 1.165) is 23.4 Å². The number of hydrogen-bond acceptors (Lipinski definition) is 3. The smallest absolute Gasteiger partial charge is 0.322 e. The zero-order chi connectivity index (χ0) is 15.4. The Kier molecular flexibility index (Phi) is 5.79. The van der Waals surface area contributed by atoms with Crippen LogP contribution in [0.1, 0.15) is 26.7 Å². The molecular formula is C15H21ClN2O2S. The normalized spacial score (nSPS) is 14.3. The van der Waals surface area contributed by atoms with E-state index in [-0.39, 0.29) is 18.7 Å². The lowest BCUT2D eigenvalue weighted by molar-refractivity contribution is 0.185. The highest BCUT2D eigenvalue weighted by Gasteiger charge is 2.32. The zero-order valence-electron chi connectivity index (χ0n) is 12.3. The van der Waals surface area contributed by atoms with Crippen molar-refractivity contribution in [2.75, 3.05) is 18.5 Å². The van der Waals surface area contributed by atoms with Crippen molar-refractivity contribution in [2.24, 2.45) is 0 Å². The van der Waals surface area contributed by atoms with Crippen LogP contribution in [-0.2, 0) is 0 Å². The summed E-state index contributed by atoms with van der Waals surface area (Å²) in [6, 6.07) is 5.61. The number of rotatable bonds is 6. The van der Waals surface area contributed by atoms with E-state index < -0.39 is 0 Å². The first-order chi connectivity index (χ1) is 10.0. The molecule has 0 atom stereocenters. The molecule has 116 valence electrons. The van der Waals surface area contributed by atoms with Gasteiger partial charge in [-0.3, -0.25) is 0 Å². The fraction of sp³-hybridized carbons (Fsp3) is 0.533. The molecule has 0 bridgehead atoms. The maximum atomic E-state index is 12.4. The van der Waals surface area contributed by atoms with Crippen LogP contribution in [0.3, 0.4) is 0 Å². The number of aliphatic hydroxyl groups excluding tert-OH is 1. The van der Waals surface area contributed by atoms with Crippen LogP contribution in [-0.4, -0.2) is 40.5 Å². The number of nitrogens with zero attached hydrogens (tertiary/aromatic N) is 1. The molecule has 2 N–H and O–H groups in total. The molecule has 1 aromatic carbocycles. The van der Waals surface area contributed by atoms with Crippen molar-refractivity contribution in [2.45, 2.75) is 42.9 Å². The zero-order valence-corrected chi connectivity index (χ0v) is 13.9. The number of nitrogens with one attached hydrogen (secondary N) is 1. The molecule has 2 rings (SSSR count). The van der Waals surface area contributed by atoms with Gasteiger partial charge in [0.15, 0.2) is 0 Å². The first kappa shape index (κ1) is 16.5. The lowest BCUT2D eigenvalue weighted by Gasteiger charge is -2.23. The fourth-order valence-corrected chi connectivity index (χ4v) is 3.30. The lowest BCUT2D eigenvalue weighted by Crippen LogP contribution is -2.38. The van der Waals surface area contributed by atoms with Crippen LogP contribution in [0.4, 0.5) is 10.5 Å². The summed E-state index contributed by atoms with van der Waals surface area (Å²) < 4.78 is 0. The molecule has 1 aliphatic carbocycles. The Bertz CT molecular complexity index is 506. The van der Waals surface area contributed by atoms with Crippen LogP contribution < -0.4 is 5.32 Å². The molecule has 4 nitrogen and oxygen atoms in total. The lowest BCUT2D eigenvalue weighted by atomic mass is 10.3. The van der Waals surface area contributed by atoms with Gasteiger partial charge in [-0.05, 0) is 25.0 Å². The highest BCUT2D eigenvalue weighted by molar-refractivity contribution is 8.00. The molecular weight excluding hydrogens is 308 g/mol. The number of amides is 2. The second-order valence-electron chi connectivity index (χ2n) is 5.36. The molecule has 0 spiro atoms. The maximum Gasteiger partial charge on any atom is 0.322 e. The standard InChI is InChI=1S/C15H21ClN2O2S/c1-10(2)21-14-12(16)4-3-5-13(14)17-15(20)18(8-9-19)11-6-7-11/h3-5,10-11,19H,6-9H2,1-2H3,(H,17,20). The van der Waals surface area contributed by atoms with Gasteiger partial charge in [-0.25, -0.2) is 4.79 Å². The number of anilines is 1. The number of aliphatic hydroxyl groups is 1. The van der Waals surface area contributed by atoms with E-state index in [9.17, 15) is 4.79 Å². The monoisotopic (exact) mass is 328 g/mol. The molecule has 0 aliphatic heterocycles. The summed E-state index contributed by atoms with van der Waals surface area (Å²) in [5, 5.41) is 13.1. The molecule has 1 aliphatic rings. The van der Waals surface area contributed by atoms with Crippen molar-refractivity contribution in [3.05, 3.63) is 23.2 Å². The maximum absolute atomic E-state index is 12.4. The molecule has 0 aromatic heterocycles. The number of hydrogen-bond donors (Lipinski definition) is 2. The minimum atomic E-state index is -0.167. The van der Waals surface area contributed by atoms with Crippen molar-refractivity contribution in [1.82, 2.24) is 4.90 Å². The average molecular weight is 329 g/mol. The molecule has 0 radical (unpaired) electrons. The van der Waals surface area contributed by atoms with Gasteiger partial charge in [0.2, 0.25) is 0 Å². The number of thioether (sulfide) groups is 1. The average Bonchev–Trinajstić information content (AvgIpc) is 3.24. The number of carbonyl (C=O) groups is 1. The van der Waals surface area contributed by atoms with Gasteiger partial charge in [0, 0.05) is 22.7 Å². The third-order valence-electron chi connectivity index (χ3n) is 3.15. The third-order valence-corrected chi connectivity index (χ3v) is 4.73. The van der Waals surface area contributed by atoms with Gasteiger partial charge in [-0.2, -0.15) is 0 Å². The Balaban J connectivity index is 2.14. The molecule has 1 saturated carbocycles. The molecule has 0 unspecified atom stereocenters. The summed E-state index contributed by atoms with van der Waals surface area (Å²) in [6.07, 6.45) is 2.02. The quantitative estimate of drug-likeness (QED) is 0.780. The minimum absolute atomic E-state index is 0.0208. The van der Waals surface area contributed by atoms with Gasteiger partial charge >= 0.3 is 6.03 Å². The molecule has 1 aromatic rings. The van der Waals surface area contributed by atoms with E-state index in [2.05, 4.69) is 19.2 Å². The van der Waals surface area contributed by atoms with Gasteiger partial charge in [-0.15, -0.1) is 11.8 Å². The molecule has 0 saturated heterocycles. The number of halogens is 1. The number of benzene rings is 1. The van der Waals surface area contributed by atoms with Crippen LogP contribution in [0.15, 0.2) is 23.1 Å². The third kappa shape index (κ3) is 4.53. The van der Waals surface area contributed by atoms with Crippen molar-refractivity contribution in [3.8, 4) is 0 Å². The van der Waals surface area contributed by atoms with Gasteiger partial charge in [-0.1, -0.05) is 31.5 Å². The summed E-state index contributed by atoms with van der Waals surface area (Å²) in [6.45, 7) is 4.51. The summed E-state index contributed by atoms with van der Waals surface area (Å²) in [5.41, 5.74) is 0.731. The van der Waals surface area contributed by atoms with Gasteiger partial charge < -0.3 is 15.3 Å². The first-order valence-electron chi connectivity index (χ1n) is 7.16. The summed E-state index contributed by atoms with van der Waals surface area (Å²) >= 11 is 7.87. The van der Waals surface area contributed by atoms with E-state index in [1.54, 1.807) is 16.7 Å². The minimum Gasteiger partial charge on any atom is -0.395 e. The summed E-state index contributed by atoms with van der Waals surface area (Å²) in [7, 11) is 0.